The van der Waals surface area contributed by atoms with Crippen molar-refractivity contribution in [3.63, 3.8) is 0 Å². The van der Waals surface area contributed by atoms with Crippen molar-refractivity contribution in [2.45, 2.75) is 85.1 Å². The molecule has 2 atom stereocenters. The lowest BCUT2D eigenvalue weighted by Crippen LogP contribution is -2.42. The number of nitrogens with one attached hydrogen (secondary N) is 1. The number of carboxylic acid groups (broad SMARTS) is 2. The highest BCUT2D eigenvalue weighted by Gasteiger charge is 2.19. The van der Waals surface area contributed by atoms with Gasteiger partial charge in [0, 0.05) is 17.9 Å². The molecule has 0 aliphatic heterocycles. The summed E-state index contributed by atoms with van der Waals surface area (Å²) in [5, 5.41) is 20.2. The Balaban J connectivity index is 4.04. The zero-order valence-electron chi connectivity index (χ0n) is 18.4. The van der Waals surface area contributed by atoms with Gasteiger partial charge < -0.3 is 15.5 Å². The van der Waals surface area contributed by atoms with Crippen LogP contribution >= 0.6 is 11.8 Å². The van der Waals surface area contributed by atoms with Crippen molar-refractivity contribution >= 4 is 29.6 Å². The number of carbonyl (C=O) groups is 3. The van der Waals surface area contributed by atoms with Crippen LogP contribution in [0.15, 0.2) is 11.6 Å². The van der Waals surface area contributed by atoms with E-state index in [1.54, 1.807) is 0 Å². The van der Waals surface area contributed by atoms with Crippen LogP contribution < -0.4 is 5.32 Å². The van der Waals surface area contributed by atoms with Gasteiger partial charge in [0.2, 0.25) is 5.91 Å². The molecule has 0 heterocycles. The van der Waals surface area contributed by atoms with E-state index in [0.29, 0.717) is 5.75 Å². The molecule has 0 fully saturated rings. The van der Waals surface area contributed by atoms with Gasteiger partial charge >= 0.3 is 11.9 Å². The monoisotopic (exact) mass is 429 g/mol. The van der Waals surface area contributed by atoms with Crippen molar-refractivity contribution in [1.82, 2.24) is 5.32 Å². The first-order chi connectivity index (χ1) is 13.6. The second-order valence-corrected chi connectivity index (χ2v) is 9.34. The van der Waals surface area contributed by atoms with Crippen molar-refractivity contribution in [2.75, 3.05) is 11.5 Å². The van der Waals surface area contributed by atoms with Gasteiger partial charge in [-0.2, -0.15) is 11.8 Å². The number of hydrogen-bond donors (Lipinski definition) is 3. The van der Waals surface area contributed by atoms with Crippen molar-refractivity contribution in [3.05, 3.63) is 11.6 Å². The fourth-order valence-corrected chi connectivity index (χ4v) is 3.90. The van der Waals surface area contributed by atoms with Crippen molar-refractivity contribution in [3.8, 4) is 0 Å². The molecule has 6 nitrogen and oxygen atoms in total. The molecule has 29 heavy (non-hydrogen) atoms. The van der Waals surface area contributed by atoms with Crippen LogP contribution in [0.25, 0.3) is 0 Å². The van der Waals surface area contributed by atoms with E-state index in [4.69, 9.17) is 5.11 Å². The molecule has 0 aliphatic rings. The lowest BCUT2D eigenvalue weighted by atomic mass is 9.94. The van der Waals surface area contributed by atoms with Crippen LogP contribution in [-0.2, 0) is 14.4 Å². The summed E-state index contributed by atoms with van der Waals surface area (Å²) in [4.78, 5) is 33.3. The molecule has 0 aliphatic carbocycles. The Morgan fingerprint density at radius 2 is 1.62 bits per heavy atom. The third-order valence-electron chi connectivity index (χ3n) is 4.78. The summed E-state index contributed by atoms with van der Waals surface area (Å²) in [6.45, 7) is 8.96. The molecule has 0 aromatic heterocycles. The largest absolute Gasteiger partial charge is 0.481 e. The van der Waals surface area contributed by atoms with E-state index < -0.39 is 23.9 Å². The summed E-state index contributed by atoms with van der Waals surface area (Å²) in [5.41, 5.74) is 1.31. The van der Waals surface area contributed by atoms with Crippen LogP contribution in [0, 0.1) is 11.8 Å². The standard InChI is InChI=1S/C22H39NO5S/c1-16(2)7-5-8-17(3)9-6-10-18(4)13-14-29-15-19(22(27)28)23-20(24)11-12-21(25)26/h13,16-17,19H,5-12,14-15H2,1-4H3,(H,23,24)(H,25,26)(H,27,28). The van der Waals surface area contributed by atoms with Gasteiger partial charge in [0.05, 0.1) is 6.42 Å². The normalized spacial score (nSPS) is 13.9. The van der Waals surface area contributed by atoms with Gasteiger partial charge in [0.25, 0.3) is 0 Å². The molecule has 0 aromatic carbocycles. The van der Waals surface area contributed by atoms with E-state index in [-0.39, 0.29) is 18.6 Å². The lowest BCUT2D eigenvalue weighted by Gasteiger charge is -2.14. The number of carbonyl (C=O) groups excluding carboxylic acids is 1. The van der Waals surface area contributed by atoms with Crippen LogP contribution in [0.5, 0.6) is 0 Å². The van der Waals surface area contributed by atoms with E-state index in [9.17, 15) is 19.5 Å². The number of carboxylic acids is 2. The molecule has 2 unspecified atom stereocenters. The third-order valence-corrected chi connectivity index (χ3v) is 5.75. The zero-order chi connectivity index (χ0) is 22.2. The fraction of sp³-hybridized carbons (Fsp3) is 0.773. The summed E-state index contributed by atoms with van der Waals surface area (Å²) in [7, 11) is 0. The Kier molecular flexibility index (Phi) is 15.5. The van der Waals surface area contributed by atoms with Gasteiger partial charge in [0.15, 0.2) is 0 Å². The van der Waals surface area contributed by atoms with Crippen LogP contribution in [-0.4, -0.2) is 45.6 Å². The highest BCUT2D eigenvalue weighted by molar-refractivity contribution is 7.99. The average Bonchev–Trinajstić information content (AvgIpc) is 2.61. The molecule has 0 spiro atoms. The molecule has 7 heteroatoms. The Morgan fingerprint density at radius 1 is 0.966 bits per heavy atom. The number of thioether (sulfide) groups is 1. The molecular formula is C22H39NO5S. The summed E-state index contributed by atoms with van der Waals surface area (Å²) < 4.78 is 0. The minimum Gasteiger partial charge on any atom is -0.481 e. The molecule has 0 bridgehead atoms. The van der Waals surface area contributed by atoms with Gasteiger partial charge in [0.1, 0.15) is 6.04 Å². The van der Waals surface area contributed by atoms with Gasteiger partial charge in [-0.25, -0.2) is 4.79 Å². The highest BCUT2D eigenvalue weighted by atomic mass is 32.2. The second-order valence-electron chi connectivity index (χ2n) is 8.26. The Hall–Kier alpha value is -1.50. The van der Waals surface area contributed by atoms with Crippen LogP contribution in [0.3, 0.4) is 0 Å². The highest BCUT2D eigenvalue weighted by Crippen LogP contribution is 2.19. The fourth-order valence-electron chi connectivity index (χ4n) is 2.90. The molecule has 0 rings (SSSR count). The van der Waals surface area contributed by atoms with E-state index in [1.165, 1.54) is 49.4 Å². The SMILES string of the molecule is CC(=CCSCC(NC(=O)CCC(=O)O)C(=O)O)CCCC(C)CCCC(C)C. The smallest absolute Gasteiger partial charge is 0.327 e. The minimum absolute atomic E-state index is 0.210. The Morgan fingerprint density at radius 3 is 2.21 bits per heavy atom. The summed E-state index contributed by atoms with van der Waals surface area (Å²) in [6, 6.07) is -0.998. The van der Waals surface area contributed by atoms with Crippen molar-refractivity contribution in [1.29, 1.82) is 0 Å². The predicted octanol–water partition coefficient (Wildman–Crippen LogP) is 4.73. The molecule has 1 amide bonds. The van der Waals surface area contributed by atoms with Crippen LogP contribution in [0.1, 0.15) is 79.1 Å². The molecule has 0 saturated carbocycles. The number of amides is 1. The van der Waals surface area contributed by atoms with E-state index in [0.717, 1.165) is 18.3 Å². The van der Waals surface area contributed by atoms with E-state index >= 15 is 0 Å². The Bertz CT molecular complexity index is 533. The predicted molar refractivity (Wildman–Crippen MR) is 119 cm³/mol. The van der Waals surface area contributed by atoms with E-state index in [1.807, 2.05) is 0 Å². The van der Waals surface area contributed by atoms with Crippen LogP contribution in [0.2, 0.25) is 0 Å². The first kappa shape index (κ1) is 27.5. The van der Waals surface area contributed by atoms with Crippen molar-refractivity contribution in [2.24, 2.45) is 11.8 Å². The summed E-state index contributed by atoms with van der Waals surface area (Å²) >= 11 is 1.45. The number of hydrogen-bond acceptors (Lipinski definition) is 4. The number of rotatable bonds is 17. The number of aliphatic carboxylic acids is 2. The van der Waals surface area contributed by atoms with Gasteiger partial charge in [-0.3, -0.25) is 9.59 Å². The van der Waals surface area contributed by atoms with Gasteiger partial charge in [-0.15, -0.1) is 0 Å². The van der Waals surface area contributed by atoms with Gasteiger partial charge in [-0.1, -0.05) is 58.1 Å². The molecular weight excluding hydrogens is 390 g/mol. The number of allylic oxidation sites excluding steroid dienone is 1. The van der Waals surface area contributed by atoms with Gasteiger partial charge in [-0.05, 0) is 31.6 Å². The molecule has 0 aromatic rings. The van der Waals surface area contributed by atoms with E-state index in [2.05, 4.69) is 39.1 Å². The molecule has 0 radical (unpaired) electrons. The first-order valence-corrected chi connectivity index (χ1v) is 11.7. The van der Waals surface area contributed by atoms with Crippen LogP contribution in [0.4, 0.5) is 0 Å². The third kappa shape index (κ3) is 17.1. The maximum Gasteiger partial charge on any atom is 0.327 e. The minimum atomic E-state index is -1.10. The quantitative estimate of drug-likeness (QED) is 0.228. The topological polar surface area (TPSA) is 104 Å². The van der Waals surface area contributed by atoms with Crippen molar-refractivity contribution < 1.29 is 24.6 Å². The molecule has 3 N–H and O–H groups in total. The molecule has 168 valence electrons. The Labute approximate surface area is 179 Å². The maximum absolute atomic E-state index is 11.6. The summed E-state index contributed by atoms with van der Waals surface area (Å²) in [5.74, 6) is -0.231. The zero-order valence-corrected chi connectivity index (χ0v) is 19.2. The summed E-state index contributed by atoms with van der Waals surface area (Å²) in [6.07, 6.45) is 8.99. The average molecular weight is 430 g/mol. The first-order valence-electron chi connectivity index (χ1n) is 10.6. The maximum atomic E-state index is 11.6. The second kappa shape index (κ2) is 16.3. The molecule has 0 saturated heterocycles. The lowest BCUT2D eigenvalue weighted by molar-refractivity contribution is -0.141.